The molecule has 0 saturated carbocycles. The highest BCUT2D eigenvalue weighted by Gasteiger charge is 2.17. The maximum atomic E-state index is 5.56. The summed E-state index contributed by atoms with van der Waals surface area (Å²) in [7, 11) is 0. The number of para-hydroxylation sites is 1. The van der Waals surface area contributed by atoms with Gasteiger partial charge < -0.3 is 0 Å². The molecule has 52 heavy (non-hydrogen) atoms. The molecule has 8 aromatic carbocycles. The van der Waals surface area contributed by atoms with Crippen LogP contribution in [-0.4, -0.2) is 16.5 Å². The van der Waals surface area contributed by atoms with Crippen LogP contribution in [0.5, 0.6) is 0 Å². The van der Waals surface area contributed by atoms with Crippen LogP contribution in [0.1, 0.15) is 43.0 Å². The van der Waals surface area contributed by atoms with Gasteiger partial charge in [0.15, 0.2) is 5.84 Å². The van der Waals surface area contributed by atoms with E-state index in [2.05, 4.69) is 166 Å². The van der Waals surface area contributed by atoms with Crippen LogP contribution in [0.25, 0.3) is 65.1 Å². The van der Waals surface area contributed by atoms with Crippen molar-refractivity contribution in [2.75, 3.05) is 0 Å². The van der Waals surface area contributed by atoms with E-state index < -0.39 is 0 Å². The Balaban J connectivity index is 1.22. The number of aromatic nitrogens is 1. The first-order valence-electron chi connectivity index (χ1n) is 18.0. The largest absolute Gasteiger partial charge is 0.258 e. The molecule has 9 rings (SSSR count). The van der Waals surface area contributed by atoms with Crippen LogP contribution in [0.4, 0.5) is 0 Å². The highest BCUT2D eigenvalue weighted by atomic mass is 14.9. The van der Waals surface area contributed by atoms with Crippen molar-refractivity contribution in [3.63, 3.8) is 0 Å². The van der Waals surface area contributed by atoms with Crippen molar-refractivity contribution < 1.29 is 0 Å². The first kappa shape index (κ1) is 31.5. The number of nitrogens with zero attached hydrogens (tertiary/aromatic N) is 3. The molecule has 1 aromatic heterocycles. The number of pyridine rings is 1. The fourth-order valence-electron chi connectivity index (χ4n) is 7.67. The number of aliphatic imine (C=N–C) groups is 2. The van der Waals surface area contributed by atoms with Gasteiger partial charge in [-0.1, -0.05) is 146 Å². The molecule has 0 aliphatic heterocycles. The molecule has 1 heterocycles. The van der Waals surface area contributed by atoms with E-state index in [0.29, 0.717) is 0 Å². The van der Waals surface area contributed by atoms with E-state index in [1.807, 2.05) is 18.3 Å². The Kier molecular flexibility index (Phi) is 8.09. The number of fused-ring (bicyclic) bond motifs is 7. The van der Waals surface area contributed by atoms with E-state index >= 15 is 0 Å². The highest BCUT2D eigenvalue weighted by Crippen LogP contribution is 2.36. The lowest BCUT2D eigenvalue weighted by Gasteiger charge is -2.18. The van der Waals surface area contributed by atoms with Gasteiger partial charge >= 0.3 is 0 Å². The Bertz CT molecular complexity index is 2850. The minimum atomic E-state index is -0.0984. The van der Waals surface area contributed by atoms with Crippen molar-refractivity contribution in [3.05, 3.63) is 187 Å². The van der Waals surface area contributed by atoms with Crippen LogP contribution in [0.3, 0.4) is 0 Å². The van der Waals surface area contributed by atoms with E-state index in [0.717, 1.165) is 51.1 Å². The van der Waals surface area contributed by atoms with E-state index in [1.165, 1.54) is 48.7 Å². The fraction of sp³-hybridized carbons (Fsp3) is 0.0816. The second kappa shape index (κ2) is 13.4. The minimum Gasteiger partial charge on any atom is -0.258 e. The fourth-order valence-corrected chi connectivity index (χ4v) is 7.67. The smallest absolute Gasteiger partial charge is 0.155 e. The number of amidine groups is 1. The average molecular weight is 668 g/mol. The molecule has 0 aliphatic rings. The number of benzene rings is 8. The van der Waals surface area contributed by atoms with Crippen LogP contribution in [-0.2, 0) is 0 Å². The van der Waals surface area contributed by atoms with Crippen molar-refractivity contribution in [2.45, 2.75) is 26.3 Å². The summed E-state index contributed by atoms with van der Waals surface area (Å²) in [5, 5.41) is 11.0. The second-order valence-electron chi connectivity index (χ2n) is 13.5. The Labute approximate surface area is 303 Å². The van der Waals surface area contributed by atoms with Gasteiger partial charge in [-0.15, -0.1) is 0 Å². The SMILES string of the molecule is CCC(/N=C(\N=C(/C)c1cc2ccccc2c2ccccc12)c1ccc(-c2cnc3ccccc3c2)cc1)c1cc2ccccc2c2ccccc12. The van der Waals surface area contributed by atoms with Crippen molar-refractivity contribution in [3.8, 4) is 11.1 Å². The first-order chi connectivity index (χ1) is 25.6. The molecule has 248 valence electrons. The molecule has 0 amide bonds. The van der Waals surface area contributed by atoms with E-state index in [1.54, 1.807) is 0 Å². The maximum absolute atomic E-state index is 5.56. The molecule has 0 radical (unpaired) electrons. The van der Waals surface area contributed by atoms with Gasteiger partial charge in [-0.2, -0.15) is 0 Å². The van der Waals surface area contributed by atoms with Gasteiger partial charge in [0, 0.05) is 34.0 Å². The molecular weight excluding hydrogens is 631 g/mol. The highest BCUT2D eigenvalue weighted by molar-refractivity contribution is 6.21. The third kappa shape index (κ3) is 5.71. The predicted octanol–water partition coefficient (Wildman–Crippen LogP) is 12.9. The molecule has 1 atom stereocenters. The molecule has 0 saturated heterocycles. The zero-order valence-corrected chi connectivity index (χ0v) is 29.3. The molecule has 0 spiro atoms. The molecule has 1 unspecified atom stereocenters. The summed E-state index contributed by atoms with van der Waals surface area (Å²) in [6, 6.07) is 58.2. The van der Waals surface area contributed by atoms with Crippen molar-refractivity contribution in [2.24, 2.45) is 9.98 Å². The lowest BCUT2D eigenvalue weighted by Crippen LogP contribution is -2.08. The number of hydrogen-bond acceptors (Lipinski definition) is 2. The van der Waals surface area contributed by atoms with Gasteiger partial charge in [0.2, 0.25) is 0 Å². The van der Waals surface area contributed by atoms with Crippen molar-refractivity contribution in [1.29, 1.82) is 0 Å². The average Bonchev–Trinajstić information content (AvgIpc) is 3.21. The summed E-state index contributed by atoms with van der Waals surface area (Å²) in [4.78, 5) is 15.7. The van der Waals surface area contributed by atoms with Gasteiger partial charge in [-0.3, -0.25) is 9.98 Å². The van der Waals surface area contributed by atoms with Gasteiger partial charge in [0.05, 0.1) is 11.6 Å². The monoisotopic (exact) mass is 667 g/mol. The zero-order chi connectivity index (χ0) is 35.0. The summed E-state index contributed by atoms with van der Waals surface area (Å²) in [6.45, 7) is 4.34. The van der Waals surface area contributed by atoms with Crippen LogP contribution in [0.2, 0.25) is 0 Å². The van der Waals surface area contributed by atoms with Crippen molar-refractivity contribution in [1.82, 2.24) is 4.98 Å². The standard InChI is InChI=1S/C49H37N3/c1-3-47(46-30-36-15-5-8-18-40(36)42-20-10-12-22-44(42)46)52-49(34-26-24-33(25-27-34)38-28-37-16-6-13-23-48(37)50-31-38)51-32(2)45-29-35-14-4-7-17-39(35)41-19-9-11-21-43(41)45/h4-31,47H,3H2,1-2H3/b51-32+,52-49-. The summed E-state index contributed by atoms with van der Waals surface area (Å²) >= 11 is 0. The van der Waals surface area contributed by atoms with Crippen LogP contribution < -0.4 is 0 Å². The molecular formula is C49H37N3. The number of rotatable bonds is 6. The summed E-state index contributed by atoms with van der Waals surface area (Å²) in [5.74, 6) is 0.724. The lowest BCUT2D eigenvalue weighted by molar-refractivity contribution is 0.707. The Hall–Kier alpha value is -6.45. The third-order valence-corrected chi connectivity index (χ3v) is 10.3. The molecule has 9 aromatic rings. The lowest BCUT2D eigenvalue weighted by atomic mass is 9.92. The molecule has 0 aliphatic carbocycles. The van der Waals surface area contributed by atoms with Gasteiger partial charge in [0.25, 0.3) is 0 Å². The van der Waals surface area contributed by atoms with Crippen molar-refractivity contribution >= 4 is 65.5 Å². The van der Waals surface area contributed by atoms with E-state index in [9.17, 15) is 0 Å². The molecule has 3 heteroatoms. The Morgan fingerprint density at radius 3 is 1.79 bits per heavy atom. The number of hydrogen-bond donors (Lipinski definition) is 0. The van der Waals surface area contributed by atoms with Crippen LogP contribution in [0.15, 0.2) is 180 Å². The van der Waals surface area contributed by atoms with Crippen LogP contribution in [0, 0.1) is 0 Å². The molecule has 3 nitrogen and oxygen atoms in total. The Morgan fingerprint density at radius 1 is 0.538 bits per heavy atom. The summed E-state index contributed by atoms with van der Waals surface area (Å²) < 4.78 is 0. The maximum Gasteiger partial charge on any atom is 0.155 e. The molecule has 0 N–H and O–H groups in total. The summed E-state index contributed by atoms with van der Waals surface area (Å²) in [5.41, 5.74) is 7.43. The molecule has 0 fully saturated rings. The topological polar surface area (TPSA) is 37.6 Å². The van der Waals surface area contributed by atoms with Gasteiger partial charge in [0.1, 0.15) is 0 Å². The quantitative estimate of drug-likeness (QED) is 0.0988. The van der Waals surface area contributed by atoms with Crippen LogP contribution >= 0.6 is 0 Å². The first-order valence-corrected chi connectivity index (χ1v) is 18.0. The Morgan fingerprint density at radius 2 is 1.10 bits per heavy atom. The normalized spacial score (nSPS) is 13.0. The van der Waals surface area contributed by atoms with Gasteiger partial charge in [-0.05, 0) is 91.8 Å². The third-order valence-electron chi connectivity index (χ3n) is 10.3. The van der Waals surface area contributed by atoms with E-state index in [4.69, 9.17) is 15.0 Å². The van der Waals surface area contributed by atoms with Gasteiger partial charge in [-0.25, -0.2) is 4.99 Å². The second-order valence-corrected chi connectivity index (χ2v) is 13.5. The predicted molar refractivity (Wildman–Crippen MR) is 222 cm³/mol. The summed E-state index contributed by atoms with van der Waals surface area (Å²) in [6.07, 6.45) is 2.79. The molecule has 0 bridgehead atoms. The zero-order valence-electron chi connectivity index (χ0n) is 29.3. The van der Waals surface area contributed by atoms with E-state index in [-0.39, 0.29) is 6.04 Å². The minimum absolute atomic E-state index is 0.0984.